The van der Waals surface area contributed by atoms with E-state index in [2.05, 4.69) is 25.5 Å². The molecule has 3 aromatic rings. The summed E-state index contributed by atoms with van der Waals surface area (Å²) in [4.78, 5) is 8.27. The minimum absolute atomic E-state index is 0.104. The third-order valence-corrected chi connectivity index (χ3v) is 3.10. The summed E-state index contributed by atoms with van der Waals surface area (Å²) in [6.45, 7) is -0.104. The molecule has 0 aromatic carbocycles. The summed E-state index contributed by atoms with van der Waals surface area (Å²) in [7, 11) is 1.82. The van der Waals surface area contributed by atoms with E-state index < -0.39 is 0 Å². The highest BCUT2D eigenvalue weighted by Crippen LogP contribution is 2.19. The minimum Gasteiger partial charge on any atom is -0.394 e. The van der Waals surface area contributed by atoms with E-state index in [1.807, 2.05) is 13.2 Å². The normalized spacial score (nSPS) is 12.3. The van der Waals surface area contributed by atoms with Crippen molar-refractivity contribution in [1.82, 2.24) is 29.5 Å². The van der Waals surface area contributed by atoms with Crippen LogP contribution < -0.4 is 11.1 Å². The molecule has 0 saturated carbocycles. The van der Waals surface area contributed by atoms with Gasteiger partial charge in [0.05, 0.1) is 18.8 Å². The van der Waals surface area contributed by atoms with Crippen molar-refractivity contribution < 1.29 is 5.11 Å². The Morgan fingerprint density at radius 1 is 1.36 bits per heavy atom. The molecule has 3 aromatic heterocycles. The van der Waals surface area contributed by atoms with Gasteiger partial charge in [-0.05, 0) is 6.07 Å². The number of nitrogens with zero attached hydrogens (tertiary/aromatic N) is 6. The summed E-state index contributed by atoms with van der Waals surface area (Å²) in [5.74, 6) is 1.17. The Bertz CT molecular complexity index is 751. The van der Waals surface area contributed by atoms with Gasteiger partial charge in [0, 0.05) is 37.3 Å². The number of aliphatic hydroxyl groups is 1. The van der Waals surface area contributed by atoms with Crippen LogP contribution in [0.1, 0.15) is 11.6 Å². The Labute approximate surface area is 126 Å². The van der Waals surface area contributed by atoms with Gasteiger partial charge in [-0.1, -0.05) is 0 Å². The summed E-state index contributed by atoms with van der Waals surface area (Å²) in [5, 5.41) is 20.9. The molecule has 0 bridgehead atoms. The van der Waals surface area contributed by atoms with E-state index in [4.69, 9.17) is 5.73 Å². The molecule has 1 atom stereocenters. The van der Waals surface area contributed by atoms with Crippen molar-refractivity contribution in [2.24, 2.45) is 7.05 Å². The lowest BCUT2D eigenvalue weighted by molar-refractivity contribution is 0.276. The first-order valence-corrected chi connectivity index (χ1v) is 6.66. The van der Waals surface area contributed by atoms with Gasteiger partial charge in [-0.15, -0.1) is 0 Å². The fourth-order valence-corrected chi connectivity index (χ4v) is 2.08. The van der Waals surface area contributed by atoms with Crippen molar-refractivity contribution in [2.75, 3.05) is 17.7 Å². The smallest absolute Gasteiger partial charge is 0.224 e. The van der Waals surface area contributed by atoms with Crippen LogP contribution in [0, 0.1) is 0 Å². The van der Waals surface area contributed by atoms with Crippen molar-refractivity contribution in [3.8, 4) is 5.82 Å². The molecule has 22 heavy (non-hydrogen) atoms. The number of aromatic nitrogens is 6. The number of hydrogen-bond donors (Lipinski definition) is 3. The Morgan fingerprint density at radius 2 is 2.23 bits per heavy atom. The van der Waals surface area contributed by atoms with Crippen molar-refractivity contribution in [3.05, 3.63) is 42.5 Å². The van der Waals surface area contributed by atoms with Gasteiger partial charge in [0.1, 0.15) is 5.82 Å². The molecule has 0 fully saturated rings. The highest BCUT2D eigenvalue weighted by Gasteiger charge is 2.14. The quantitative estimate of drug-likeness (QED) is 0.612. The predicted octanol–water partition coefficient (Wildman–Crippen LogP) is 0.123. The van der Waals surface area contributed by atoms with Gasteiger partial charge in [-0.2, -0.15) is 20.2 Å². The number of hydrogen-bond acceptors (Lipinski definition) is 7. The summed E-state index contributed by atoms with van der Waals surface area (Å²) in [6, 6.07) is 3.16. The van der Waals surface area contributed by atoms with Crippen LogP contribution in [-0.2, 0) is 7.05 Å². The van der Waals surface area contributed by atoms with E-state index in [0.717, 1.165) is 5.56 Å². The van der Waals surface area contributed by atoms with Gasteiger partial charge in [-0.3, -0.25) is 4.68 Å². The number of nitrogen functional groups attached to an aromatic ring is 1. The second-order valence-electron chi connectivity index (χ2n) is 4.75. The molecule has 0 aliphatic heterocycles. The SMILES string of the molecule is Cn1cc([C@H](CO)Nc2cc(-n3cccn3)nc(N)n2)cn1. The molecule has 4 N–H and O–H groups in total. The maximum absolute atomic E-state index is 9.58. The van der Waals surface area contributed by atoms with E-state index in [1.54, 1.807) is 40.1 Å². The summed E-state index contributed by atoms with van der Waals surface area (Å²) < 4.78 is 3.25. The van der Waals surface area contributed by atoms with Gasteiger partial charge in [-0.25, -0.2) is 4.68 Å². The molecule has 0 unspecified atom stereocenters. The number of aliphatic hydroxyl groups excluding tert-OH is 1. The number of rotatable bonds is 5. The molecule has 3 rings (SSSR count). The zero-order chi connectivity index (χ0) is 15.5. The van der Waals surface area contributed by atoms with Crippen LogP contribution in [0.5, 0.6) is 0 Å². The fourth-order valence-electron chi connectivity index (χ4n) is 2.08. The molecule has 3 heterocycles. The van der Waals surface area contributed by atoms with E-state index in [9.17, 15) is 5.11 Å². The highest BCUT2D eigenvalue weighted by atomic mass is 16.3. The number of nitrogens with two attached hydrogens (primary N) is 1. The molecular weight excluding hydrogens is 284 g/mol. The lowest BCUT2D eigenvalue weighted by Crippen LogP contribution is -2.16. The first kappa shape index (κ1) is 14.0. The van der Waals surface area contributed by atoms with Gasteiger partial charge >= 0.3 is 0 Å². The number of nitrogens with one attached hydrogen (secondary N) is 1. The topological polar surface area (TPSA) is 120 Å². The van der Waals surface area contributed by atoms with E-state index >= 15 is 0 Å². The molecule has 0 spiro atoms. The minimum atomic E-state index is -0.339. The summed E-state index contributed by atoms with van der Waals surface area (Å²) in [6.07, 6.45) is 6.92. The molecule has 114 valence electrons. The first-order chi connectivity index (χ1) is 10.7. The summed E-state index contributed by atoms with van der Waals surface area (Å²) >= 11 is 0. The van der Waals surface area contributed by atoms with Gasteiger partial charge in [0.25, 0.3) is 0 Å². The number of aryl methyl sites for hydroxylation is 1. The van der Waals surface area contributed by atoms with Crippen molar-refractivity contribution >= 4 is 11.8 Å². The van der Waals surface area contributed by atoms with Crippen molar-refractivity contribution in [3.63, 3.8) is 0 Å². The average molecular weight is 300 g/mol. The van der Waals surface area contributed by atoms with Crippen LogP contribution in [0.3, 0.4) is 0 Å². The van der Waals surface area contributed by atoms with Crippen LogP contribution in [0.15, 0.2) is 36.9 Å². The molecular formula is C13H16N8O. The molecule has 0 radical (unpaired) electrons. The van der Waals surface area contributed by atoms with E-state index in [1.165, 1.54) is 0 Å². The van der Waals surface area contributed by atoms with Gasteiger partial charge < -0.3 is 16.2 Å². The lowest BCUT2D eigenvalue weighted by atomic mass is 10.2. The monoisotopic (exact) mass is 300 g/mol. The molecule has 0 amide bonds. The maximum Gasteiger partial charge on any atom is 0.224 e. The highest BCUT2D eigenvalue weighted by molar-refractivity contribution is 5.47. The van der Waals surface area contributed by atoms with E-state index in [0.29, 0.717) is 11.6 Å². The largest absolute Gasteiger partial charge is 0.394 e. The second-order valence-corrected chi connectivity index (χ2v) is 4.75. The van der Waals surface area contributed by atoms with Crippen LogP contribution in [0.4, 0.5) is 11.8 Å². The Kier molecular flexibility index (Phi) is 3.71. The molecule has 0 aliphatic carbocycles. The van der Waals surface area contributed by atoms with Crippen LogP contribution in [0.2, 0.25) is 0 Å². The number of anilines is 2. The standard InChI is InChI=1S/C13H16N8O/c1-20-7-9(6-16-20)10(8-22)17-11-5-12(19-13(14)18-11)21-4-2-3-15-21/h2-7,10,22H,8H2,1H3,(H3,14,17,18,19)/t10-/m0/s1. The fraction of sp³-hybridized carbons (Fsp3) is 0.231. The Hall–Kier alpha value is -2.94. The molecule has 0 saturated heterocycles. The second kappa shape index (κ2) is 5.82. The third-order valence-electron chi connectivity index (χ3n) is 3.10. The average Bonchev–Trinajstić information content (AvgIpc) is 3.15. The zero-order valence-corrected chi connectivity index (χ0v) is 12.0. The van der Waals surface area contributed by atoms with Crippen molar-refractivity contribution in [1.29, 1.82) is 0 Å². The van der Waals surface area contributed by atoms with Crippen LogP contribution >= 0.6 is 0 Å². The zero-order valence-electron chi connectivity index (χ0n) is 12.0. The Balaban J connectivity index is 1.88. The van der Waals surface area contributed by atoms with Crippen LogP contribution in [0.25, 0.3) is 5.82 Å². The lowest BCUT2D eigenvalue weighted by Gasteiger charge is -2.16. The Morgan fingerprint density at radius 3 is 2.86 bits per heavy atom. The molecule has 9 heteroatoms. The predicted molar refractivity (Wildman–Crippen MR) is 80.2 cm³/mol. The first-order valence-electron chi connectivity index (χ1n) is 6.66. The van der Waals surface area contributed by atoms with Crippen molar-refractivity contribution in [2.45, 2.75) is 6.04 Å². The molecule has 9 nitrogen and oxygen atoms in total. The van der Waals surface area contributed by atoms with Crippen LogP contribution in [-0.4, -0.2) is 41.2 Å². The maximum atomic E-state index is 9.58. The van der Waals surface area contributed by atoms with Gasteiger partial charge in [0.15, 0.2) is 5.82 Å². The molecule has 0 aliphatic rings. The third kappa shape index (κ3) is 2.88. The van der Waals surface area contributed by atoms with Gasteiger partial charge in [0.2, 0.25) is 5.95 Å². The van der Waals surface area contributed by atoms with E-state index in [-0.39, 0.29) is 18.6 Å². The summed E-state index contributed by atoms with van der Waals surface area (Å²) in [5.41, 5.74) is 6.59.